The molecule has 0 saturated heterocycles. The lowest BCUT2D eigenvalue weighted by Crippen LogP contribution is -2.28. The van der Waals surface area contributed by atoms with E-state index in [0.29, 0.717) is 11.8 Å². The third-order valence-electron chi connectivity index (χ3n) is 5.12. The van der Waals surface area contributed by atoms with Gasteiger partial charge in [0.05, 0.1) is 0 Å². The van der Waals surface area contributed by atoms with Gasteiger partial charge in [0.2, 0.25) is 5.91 Å². The van der Waals surface area contributed by atoms with Gasteiger partial charge in [-0.2, -0.15) is 0 Å². The summed E-state index contributed by atoms with van der Waals surface area (Å²) in [5.74, 6) is 4.03. The molecule has 3 aliphatic rings. The molecule has 3 fully saturated rings. The molecule has 17 heavy (non-hydrogen) atoms. The molecule has 0 aromatic heterocycles. The topological polar surface area (TPSA) is 29.1 Å². The molecule has 5 unspecified atom stereocenters. The van der Waals surface area contributed by atoms with Crippen molar-refractivity contribution in [2.75, 3.05) is 6.54 Å². The summed E-state index contributed by atoms with van der Waals surface area (Å²) in [6.07, 6.45) is 6.19. The molecule has 96 valence electrons. The average molecular weight is 256 g/mol. The van der Waals surface area contributed by atoms with Crippen LogP contribution in [0.4, 0.5) is 0 Å². The highest BCUT2D eigenvalue weighted by atomic mass is 35.5. The van der Waals surface area contributed by atoms with Crippen LogP contribution >= 0.6 is 11.6 Å². The Morgan fingerprint density at radius 1 is 1.35 bits per heavy atom. The highest BCUT2D eigenvalue weighted by molar-refractivity contribution is 6.20. The quantitative estimate of drug-likeness (QED) is 0.594. The maximum Gasteiger partial charge on any atom is 0.223 e. The second-order valence-corrected chi connectivity index (χ2v) is 6.97. The fourth-order valence-corrected chi connectivity index (χ4v) is 4.54. The minimum Gasteiger partial charge on any atom is -0.356 e. The molecule has 0 heterocycles. The largest absolute Gasteiger partial charge is 0.356 e. The number of carbonyl (C=O) groups is 1. The molecular weight excluding hydrogens is 234 g/mol. The summed E-state index contributed by atoms with van der Waals surface area (Å²) in [6.45, 7) is 2.81. The number of carbonyl (C=O) groups excluding carboxylic acids is 1. The Morgan fingerprint density at radius 3 is 2.59 bits per heavy atom. The molecule has 1 amide bonds. The summed E-state index contributed by atoms with van der Waals surface area (Å²) >= 11 is 5.88. The minimum absolute atomic E-state index is 0.225. The van der Waals surface area contributed by atoms with Crippen LogP contribution in [0.3, 0.4) is 0 Å². The van der Waals surface area contributed by atoms with Crippen LogP contribution < -0.4 is 5.32 Å². The summed E-state index contributed by atoms with van der Waals surface area (Å²) in [5, 5.41) is 3.32. The fraction of sp³-hybridized carbons (Fsp3) is 0.929. The normalized spacial score (nSPS) is 43.3. The number of alkyl halides is 1. The lowest BCUT2D eigenvalue weighted by atomic mass is 10.0. The third kappa shape index (κ3) is 2.09. The molecule has 2 bridgehead atoms. The standard InChI is InChI=1S/C14H22ClNO/c1-8(15)3-2-6-16-14(17)13-11-9-4-5-10(7-9)12(11)13/h8-13H,2-7H2,1H3,(H,16,17). The average Bonchev–Trinajstić information content (AvgIpc) is 2.73. The van der Waals surface area contributed by atoms with Gasteiger partial charge < -0.3 is 5.32 Å². The lowest BCUT2D eigenvalue weighted by Gasteiger charge is -2.09. The molecular formula is C14H22ClNO. The Kier molecular flexibility index (Phi) is 3.10. The molecule has 2 nitrogen and oxygen atoms in total. The van der Waals surface area contributed by atoms with Crippen LogP contribution in [0.1, 0.15) is 39.0 Å². The van der Waals surface area contributed by atoms with Gasteiger partial charge in [-0.25, -0.2) is 0 Å². The first-order valence-electron chi connectivity index (χ1n) is 7.10. The molecule has 0 aromatic rings. The molecule has 3 heteroatoms. The van der Waals surface area contributed by atoms with Gasteiger partial charge in [0, 0.05) is 17.8 Å². The second kappa shape index (κ2) is 4.46. The number of rotatable bonds is 5. The maximum absolute atomic E-state index is 12.0. The van der Waals surface area contributed by atoms with Gasteiger partial charge >= 0.3 is 0 Å². The van der Waals surface area contributed by atoms with Crippen molar-refractivity contribution in [3.63, 3.8) is 0 Å². The van der Waals surface area contributed by atoms with Crippen LogP contribution in [0.25, 0.3) is 0 Å². The van der Waals surface area contributed by atoms with Gasteiger partial charge in [-0.3, -0.25) is 4.79 Å². The van der Waals surface area contributed by atoms with Crippen LogP contribution in [0, 0.1) is 29.6 Å². The third-order valence-corrected chi connectivity index (χ3v) is 5.33. The van der Waals surface area contributed by atoms with E-state index in [1.807, 2.05) is 6.92 Å². The molecule has 1 N–H and O–H groups in total. The predicted molar refractivity (Wildman–Crippen MR) is 68.9 cm³/mol. The van der Waals surface area contributed by atoms with E-state index < -0.39 is 0 Å². The van der Waals surface area contributed by atoms with E-state index in [9.17, 15) is 4.79 Å². The Balaban J connectivity index is 1.40. The van der Waals surface area contributed by atoms with Crippen LogP contribution in [0.2, 0.25) is 0 Å². The zero-order valence-electron chi connectivity index (χ0n) is 10.5. The van der Waals surface area contributed by atoms with E-state index in [-0.39, 0.29) is 5.38 Å². The molecule has 0 aliphatic heterocycles. The van der Waals surface area contributed by atoms with E-state index in [0.717, 1.165) is 43.1 Å². The van der Waals surface area contributed by atoms with Gasteiger partial charge in [0.15, 0.2) is 0 Å². The number of hydrogen-bond donors (Lipinski definition) is 1. The number of fused-ring (bicyclic) bond motifs is 5. The molecule has 0 spiro atoms. The van der Waals surface area contributed by atoms with E-state index >= 15 is 0 Å². The highest BCUT2D eigenvalue weighted by Gasteiger charge is 2.67. The molecule has 0 aromatic carbocycles. The van der Waals surface area contributed by atoms with E-state index in [1.54, 1.807) is 0 Å². The van der Waals surface area contributed by atoms with Crippen molar-refractivity contribution in [1.82, 2.24) is 5.32 Å². The molecule has 5 atom stereocenters. The van der Waals surface area contributed by atoms with Crippen LogP contribution in [-0.2, 0) is 4.79 Å². The molecule has 3 saturated carbocycles. The smallest absolute Gasteiger partial charge is 0.223 e. The van der Waals surface area contributed by atoms with Crippen molar-refractivity contribution in [2.24, 2.45) is 29.6 Å². The van der Waals surface area contributed by atoms with Crippen LogP contribution in [0.5, 0.6) is 0 Å². The lowest BCUT2D eigenvalue weighted by molar-refractivity contribution is -0.123. The molecule has 0 radical (unpaired) electrons. The zero-order chi connectivity index (χ0) is 12.0. The van der Waals surface area contributed by atoms with Gasteiger partial charge in [-0.05, 0) is 62.7 Å². The van der Waals surface area contributed by atoms with Crippen molar-refractivity contribution >= 4 is 17.5 Å². The predicted octanol–water partition coefficient (Wildman–Crippen LogP) is 2.80. The SMILES string of the molecule is CC(Cl)CCCNC(=O)C1C2C3CCC(C3)C12. The van der Waals surface area contributed by atoms with Crippen LogP contribution in [0.15, 0.2) is 0 Å². The summed E-state index contributed by atoms with van der Waals surface area (Å²) in [6, 6.07) is 0. The highest BCUT2D eigenvalue weighted by Crippen LogP contribution is 2.69. The first-order valence-corrected chi connectivity index (χ1v) is 7.54. The Morgan fingerprint density at radius 2 is 2.00 bits per heavy atom. The number of amides is 1. The van der Waals surface area contributed by atoms with Crippen molar-refractivity contribution in [1.29, 1.82) is 0 Å². The van der Waals surface area contributed by atoms with E-state index in [2.05, 4.69) is 5.32 Å². The van der Waals surface area contributed by atoms with Crippen molar-refractivity contribution < 1.29 is 4.79 Å². The number of nitrogens with one attached hydrogen (secondary N) is 1. The zero-order valence-corrected chi connectivity index (χ0v) is 11.2. The Labute approximate surface area is 108 Å². The summed E-state index contributed by atoms with van der Waals surface area (Å²) in [4.78, 5) is 12.0. The summed E-state index contributed by atoms with van der Waals surface area (Å²) in [5.41, 5.74) is 0. The summed E-state index contributed by atoms with van der Waals surface area (Å²) < 4.78 is 0. The second-order valence-electron chi connectivity index (χ2n) is 6.23. The Hall–Kier alpha value is -0.240. The van der Waals surface area contributed by atoms with Crippen LogP contribution in [-0.4, -0.2) is 17.8 Å². The molecule has 3 aliphatic carbocycles. The monoisotopic (exact) mass is 255 g/mol. The number of hydrogen-bond acceptors (Lipinski definition) is 1. The van der Waals surface area contributed by atoms with Gasteiger partial charge in [-0.1, -0.05) is 0 Å². The van der Waals surface area contributed by atoms with Crippen molar-refractivity contribution in [3.8, 4) is 0 Å². The summed E-state index contributed by atoms with van der Waals surface area (Å²) in [7, 11) is 0. The van der Waals surface area contributed by atoms with E-state index in [1.165, 1.54) is 19.3 Å². The first kappa shape index (κ1) is 11.8. The molecule has 3 rings (SSSR count). The van der Waals surface area contributed by atoms with Gasteiger partial charge in [0.25, 0.3) is 0 Å². The van der Waals surface area contributed by atoms with E-state index in [4.69, 9.17) is 11.6 Å². The maximum atomic E-state index is 12.0. The van der Waals surface area contributed by atoms with Crippen molar-refractivity contribution in [3.05, 3.63) is 0 Å². The van der Waals surface area contributed by atoms with Gasteiger partial charge in [-0.15, -0.1) is 11.6 Å². The first-order chi connectivity index (χ1) is 8.18. The number of halogens is 1. The minimum atomic E-state index is 0.225. The van der Waals surface area contributed by atoms with Crippen molar-refractivity contribution in [2.45, 2.75) is 44.4 Å². The fourth-order valence-electron chi connectivity index (χ4n) is 4.39. The Bertz CT molecular complexity index is 301. The van der Waals surface area contributed by atoms with Gasteiger partial charge in [0.1, 0.15) is 0 Å².